The molecule has 2 atom stereocenters. The van der Waals surface area contributed by atoms with E-state index in [1.54, 1.807) is 17.0 Å². The van der Waals surface area contributed by atoms with Gasteiger partial charge in [-0.1, -0.05) is 32.9 Å². The van der Waals surface area contributed by atoms with E-state index in [9.17, 15) is 17.6 Å². The van der Waals surface area contributed by atoms with Gasteiger partial charge in [0.25, 0.3) is 0 Å². The molecule has 0 aliphatic carbocycles. The minimum atomic E-state index is -3.36. The van der Waals surface area contributed by atoms with Crippen LogP contribution in [0, 0.1) is 11.2 Å². The van der Waals surface area contributed by atoms with Crippen LogP contribution in [-0.4, -0.2) is 44.8 Å². The molecule has 1 aromatic carbocycles. The molecule has 1 aliphatic heterocycles. The van der Waals surface area contributed by atoms with E-state index in [-0.39, 0.29) is 30.2 Å². The zero-order chi connectivity index (χ0) is 20.5. The highest BCUT2D eigenvalue weighted by atomic mass is 32.2. The van der Waals surface area contributed by atoms with E-state index >= 15 is 0 Å². The smallest absolute Gasteiger partial charge is 0.410 e. The Morgan fingerprint density at radius 3 is 2.37 bits per heavy atom. The van der Waals surface area contributed by atoms with Crippen molar-refractivity contribution in [2.24, 2.45) is 5.41 Å². The van der Waals surface area contributed by atoms with E-state index in [0.29, 0.717) is 18.5 Å². The number of cyclic esters (lactones) is 1. The van der Waals surface area contributed by atoms with Crippen LogP contribution in [0.1, 0.15) is 46.1 Å². The summed E-state index contributed by atoms with van der Waals surface area (Å²) in [6, 6.07) is 5.79. The average Bonchev–Trinajstić information content (AvgIpc) is 2.53. The second kappa shape index (κ2) is 7.75. The van der Waals surface area contributed by atoms with Crippen molar-refractivity contribution >= 4 is 16.1 Å². The lowest BCUT2D eigenvalue weighted by Crippen LogP contribution is -2.54. The van der Waals surface area contributed by atoms with E-state index in [1.165, 1.54) is 12.1 Å². The largest absolute Gasteiger partial charge is 0.438 e. The van der Waals surface area contributed by atoms with Gasteiger partial charge in [0, 0.05) is 32.0 Å². The third-order valence-electron chi connectivity index (χ3n) is 5.26. The van der Waals surface area contributed by atoms with Gasteiger partial charge < -0.3 is 9.64 Å². The van der Waals surface area contributed by atoms with E-state index in [1.807, 2.05) is 6.92 Å². The molecule has 0 saturated carbocycles. The SMILES string of the molecule is C[C@H](N1CC[C@](CCNS(C)(=O)=O)(c2ccc(F)cc2)OC1=O)C(C)(C)C. The Bertz CT molecular complexity index is 774. The molecule has 0 spiro atoms. The summed E-state index contributed by atoms with van der Waals surface area (Å²) in [5.74, 6) is -0.381. The molecule has 1 aliphatic rings. The molecule has 1 fully saturated rings. The number of nitrogens with one attached hydrogen (secondary N) is 1. The second-order valence-electron chi connectivity index (χ2n) is 8.27. The Kier molecular flexibility index (Phi) is 6.21. The van der Waals surface area contributed by atoms with Crippen LogP contribution in [0.3, 0.4) is 0 Å². The lowest BCUT2D eigenvalue weighted by atomic mass is 9.83. The highest BCUT2D eigenvalue weighted by molar-refractivity contribution is 7.88. The average molecular weight is 401 g/mol. The first-order valence-corrected chi connectivity index (χ1v) is 10.9. The maximum absolute atomic E-state index is 13.4. The summed E-state index contributed by atoms with van der Waals surface area (Å²) < 4.78 is 44.5. The number of rotatable bonds is 6. The van der Waals surface area contributed by atoms with Gasteiger partial charge in [-0.3, -0.25) is 0 Å². The van der Waals surface area contributed by atoms with Gasteiger partial charge in [-0.05, 0) is 30.0 Å². The summed E-state index contributed by atoms with van der Waals surface area (Å²) >= 11 is 0. The highest BCUT2D eigenvalue weighted by Gasteiger charge is 2.44. The van der Waals surface area contributed by atoms with Gasteiger partial charge in [-0.25, -0.2) is 22.3 Å². The van der Waals surface area contributed by atoms with Crippen LogP contribution in [0.15, 0.2) is 24.3 Å². The minimum Gasteiger partial charge on any atom is -0.438 e. The fourth-order valence-electron chi connectivity index (χ4n) is 3.20. The van der Waals surface area contributed by atoms with E-state index < -0.39 is 21.7 Å². The predicted molar refractivity (Wildman–Crippen MR) is 102 cm³/mol. The van der Waals surface area contributed by atoms with Crippen molar-refractivity contribution in [1.82, 2.24) is 9.62 Å². The molecule has 27 heavy (non-hydrogen) atoms. The standard InChI is InChI=1S/C19H29FN2O4S/c1-14(18(2,3)4)22-13-11-19(26-17(22)23,10-12-21-27(5,24)25)15-6-8-16(20)9-7-15/h6-9,14,21H,10-13H2,1-5H3/t14-,19+/m0/s1. The summed E-state index contributed by atoms with van der Waals surface area (Å²) in [4.78, 5) is 14.5. The second-order valence-corrected chi connectivity index (χ2v) is 10.1. The maximum atomic E-state index is 13.4. The summed E-state index contributed by atoms with van der Waals surface area (Å²) in [7, 11) is -3.36. The molecule has 0 radical (unpaired) electrons. The van der Waals surface area contributed by atoms with Gasteiger partial charge in [0.15, 0.2) is 0 Å². The summed E-state index contributed by atoms with van der Waals surface area (Å²) in [5.41, 5.74) is -0.431. The third kappa shape index (κ3) is 5.42. The quantitative estimate of drug-likeness (QED) is 0.795. The lowest BCUT2D eigenvalue weighted by Gasteiger charge is -2.46. The predicted octanol–water partition coefficient (Wildman–Crippen LogP) is 3.24. The van der Waals surface area contributed by atoms with Crippen LogP contribution in [-0.2, 0) is 20.4 Å². The van der Waals surface area contributed by atoms with Crippen molar-refractivity contribution in [1.29, 1.82) is 0 Å². The Morgan fingerprint density at radius 2 is 1.89 bits per heavy atom. The van der Waals surface area contributed by atoms with Gasteiger partial charge in [0.2, 0.25) is 10.0 Å². The number of halogens is 1. The van der Waals surface area contributed by atoms with E-state index in [2.05, 4.69) is 25.5 Å². The number of sulfonamides is 1. The molecule has 2 rings (SSSR count). The van der Waals surface area contributed by atoms with Crippen LogP contribution in [0.4, 0.5) is 9.18 Å². The number of benzene rings is 1. The van der Waals surface area contributed by atoms with Crippen LogP contribution in [0.2, 0.25) is 0 Å². The van der Waals surface area contributed by atoms with Crippen LogP contribution < -0.4 is 4.72 Å². The van der Waals surface area contributed by atoms with Crippen LogP contribution in [0.5, 0.6) is 0 Å². The molecule has 1 heterocycles. The molecule has 0 unspecified atom stereocenters. The minimum absolute atomic E-state index is 0.0228. The van der Waals surface area contributed by atoms with Crippen molar-refractivity contribution in [3.63, 3.8) is 0 Å². The Balaban J connectivity index is 2.27. The van der Waals surface area contributed by atoms with Gasteiger partial charge in [0.05, 0.1) is 6.26 Å². The fraction of sp³-hybridized carbons (Fsp3) is 0.632. The lowest BCUT2D eigenvalue weighted by molar-refractivity contribution is -0.0728. The van der Waals surface area contributed by atoms with Gasteiger partial charge >= 0.3 is 6.09 Å². The first kappa shape index (κ1) is 21.6. The molecular formula is C19H29FN2O4S. The van der Waals surface area contributed by atoms with E-state index in [0.717, 1.165) is 6.26 Å². The number of ether oxygens (including phenoxy) is 1. The Morgan fingerprint density at radius 1 is 1.30 bits per heavy atom. The monoisotopic (exact) mass is 400 g/mol. The number of hydrogen-bond donors (Lipinski definition) is 1. The first-order valence-electron chi connectivity index (χ1n) is 9.04. The molecule has 6 nitrogen and oxygen atoms in total. The van der Waals surface area contributed by atoms with Crippen molar-refractivity contribution in [2.45, 2.75) is 52.2 Å². The normalized spacial score (nSPS) is 22.4. The molecule has 1 amide bonds. The number of carbonyl (C=O) groups is 1. The Hall–Kier alpha value is -1.67. The molecule has 152 valence electrons. The molecule has 0 bridgehead atoms. The van der Waals surface area contributed by atoms with Gasteiger partial charge in [0.1, 0.15) is 11.4 Å². The fourth-order valence-corrected chi connectivity index (χ4v) is 3.68. The highest BCUT2D eigenvalue weighted by Crippen LogP contribution is 2.39. The van der Waals surface area contributed by atoms with Crippen molar-refractivity contribution in [2.75, 3.05) is 19.3 Å². The molecule has 0 aromatic heterocycles. The Labute approximate surface area is 161 Å². The first-order chi connectivity index (χ1) is 12.3. The van der Waals surface area contributed by atoms with Crippen molar-refractivity contribution in [3.05, 3.63) is 35.6 Å². The molecule has 1 saturated heterocycles. The van der Waals surface area contributed by atoms with Crippen LogP contribution in [0.25, 0.3) is 0 Å². The maximum Gasteiger partial charge on any atom is 0.410 e. The number of hydrogen-bond acceptors (Lipinski definition) is 4. The molecule has 8 heteroatoms. The molecule has 1 aromatic rings. The van der Waals surface area contributed by atoms with Crippen molar-refractivity contribution in [3.8, 4) is 0 Å². The van der Waals surface area contributed by atoms with Crippen molar-refractivity contribution < 1.29 is 22.3 Å². The zero-order valence-corrected chi connectivity index (χ0v) is 17.4. The van der Waals surface area contributed by atoms with Gasteiger partial charge in [-0.15, -0.1) is 0 Å². The van der Waals surface area contributed by atoms with E-state index in [4.69, 9.17) is 4.74 Å². The molecule has 1 N–H and O–H groups in total. The summed E-state index contributed by atoms with van der Waals surface area (Å²) in [6.07, 6.45) is 1.41. The zero-order valence-electron chi connectivity index (χ0n) is 16.6. The number of nitrogens with zero attached hydrogens (tertiary/aromatic N) is 1. The third-order valence-corrected chi connectivity index (χ3v) is 5.99. The van der Waals surface area contributed by atoms with Gasteiger partial charge in [-0.2, -0.15) is 0 Å². The topological polar surface area (TPSA) is 75.7 Å². The number of carbonyl (C=O) groups excluding carboxylic acids is 1. The summed E-state index contributed by atoms with van der Waals surface area (Å²) in [6.45, 7) is 8.76. The number of amides is 1. The van der Waals surface area contributed by atoms with Crippen LogP contribution >= 0.6 is 0 Å². The summed E-state index contributed by atoms with van der Waals surface area (Å²) in [5, 5.41) is 0. The molecular weight excluding hydrogens is 371 g/mol.